The Hall–Kier alpha value is -2.33. The van der Waals surface area contributed by atoms with Crippen LogP contribution in [-0.2, 0) is 14.3 Å². The molecule has 0 aliphatic carbocycles. The fourth-order valence-electron chi connectivity index (χ4n) is 1.70. The number of halogens is 1. The zero-order valence-corrected chi connectivity index (χ0v) is 12.0. The number of carbonyl (C=O) groups is 2. The van der Waals surface area contributed by atoms with E-state index in [0.717, 1.165) is 0 Å². The number of benzene rings is 2. The van der Waals surface area contributed by atoms with Crippen LogP contribution < -0.4 is 0 Å². The van der Waals surface area contributed by atoms with Gasteiger partial charge in [-0.2, -0.15) is 0 Å². The molecule has 5 heteroatoms. The van der Waals surface area contributed by atoms with Gasteiger partial charge in [0.1, 0.15) is 0 Å². The van der Waals surface area contributed by atoms with Crippen LogP contribution in [0.3, 0.4) is 0 Å². The van der Waals surface area contributed by atoms with Crippen LogP contribution in [0.25, 0.3) is 0 Å². The minimum Gasteiger partial charge on any atom is -0.421 e. The lowest BCUT2D eigenvalue weighted by atomic mass is 10.2. The van der Waals surface area contributed by atoms with Crippen LogP contribution in [0, 0.1) is 0 Å². The van der Waals surface area contributed by atoms with Crippen LogP contribution in [0.4, 0.5) is 0 Å². The van der Waals surface area contributed by atoms with Crippen molar-refractivity contribution in [1.29, 1.82) is 0 Å². The third-order valence-corrected chi connectivity index (χ3v) is 2.85. The fraction of sp³-hybridized carbons (Fsp3) is 0.125. The zero-order chi connectivity index (χ0) is 15.2. The Bertz CT molecular complexity index is 640. The molecule has 0 saturated carbocycles. The van der Waals surface area contributed by atoms with Gasteiger partial charge in [-0.3, -0.25) is 4.79 Å². The number of ether oxygens (including phenoxy) is 2. The van der Waals surface area contributed by atoms with Gasteiger partial charge in [-0.15, -0.1) is 0 Å². The van der Waals surface area contributed by atoms with E-state index in [1.54, 1.807) is 42.5 Å². The molecule has 1 unspecified atom stereocenters. The van der Waals surface area contributed by atoms with Crippen molar-refractivity contribution in [2.24, 2.45) is 0 Å². The summed E-state index contributed by atoms with van der Waals surface area (Å²) in [5.41, 5.74) is 0.860. The van der Waals surface area contributed by atoms with Gasteiger partial charge >= 0.3 is 11.9 Å². The quantitative estimate of drug-likeness (QED) is 0.637. The summed E-state index contributed by atoms with van der Waals surface area (Å²) in [7, 11) is 0. The fourth-order valence-corrected chi connectivity index (χ4v) is 1.89. The van der Waals surface area contributed by atoms with Crippen molar-refractivity contribution in [2.45, 2.75) is 13.2 Å². The van der Waals surface area contributed by atoms with Crippen molar-refractivity contribution in [3.63, 3.8) is 0 Å². The summed E-state index contributed by atoms with van der Waals surface area (Å²) in [5, 5.41) is 0.424. The first-order valence-electron chi connectivity index (χ1n) is 6.25. The molecule has 1 atom stereocenters. The standard InChI is InChI=1S/C16H13ClO4/c1-11(18)20-16(12-6-3-2-4-7-12)21-15(19)13-8-5-9-14(17)10-13/h2-10,16H,1H3. The number of carbonyl (C=O) groups excluding carboxylic acids is 2. The van der Waals surface area contributed by atoms with Crippen LogP contribution in [0.15, 0.2) is 54.6 Å². The molecule has 0 aliphatic rings. The van der Waals surface area contributed by atoms with E-state index in [1.807, 2.05) is 6.07 Å². The highest BCUT2D eigenvalue weighted by atomic mass is 35.5. The topological polar surface area (TPSA) is 52.6 Å². The highest BCUT2D eigenvalue weighted by molar-refractivity contribution is 6.30. The van der Waals surface area contributed by atoms with E-state index in [-0.39, 0.29) is 5.56 Å². The maximum absolute atomic E-state index is 12.1. The Morgan fingerprint density at radius 1 is 1.00 bits per heavy atom. The summed E-state index contributed by atoms with van der Waals surface area (Å²) in [4.78, 5) is 23.3. The summed E-state index contributed by atoms with van der Waals surface area (Å²) in [5.74, 6) is -1.16. The van der Waals surface area contributed by atoms with E-state index in [9.17, 15) is 9.59 Å². The van der Waals surface area contributed by atoms with Crippen LogP contribution in [0.2, 0.25) is 5.02 Å². The summed E-state index contributed by atoms with van der Waals surface area (Å²) >= 11 is 5.83. The molecule has 0 N–H and O–H groups in total. The van der Waals surface area contributed by atoms with Crippen LogP contribution in [0.5, 0.6) is 0 Å². The van der Waals surface area contributed by atoms with Gasteiger partial charge in [-0.25, -0.2) is 4.79 Å². The molecule has 0 spiro atoms. The maximum atomic E-state index is 12.1. The van der Waals surface area contributed by atoms with E-state index < -0.39 is 18.2 Å². The van der Waals surface area contributed by atoms with Crippen LogP contribution in [-0.4, -0.2) is 11.9 Å². The Balaban J connectivity index is 2.19. The number of rotatable bonds is 4. The van der Waals surface area contributed by atoms with Crippen molar-refractivity contribution in [2.75, 3.05) is 0 Å². The predicted molar refractivity (Wildman–Crippen MR) is 77.8 cm³/mol. The number of esters is 2. The van der Waals surface area contributed by atoms with Gasteiger partial charge in [0, 0.05) is 17.5 Å². The van der Waals surface area contributed by atoms with Gasteiger partial charge < -0.3 is 9.47 Å². The monoisotopic (exact) mass is 304 g/mol. The molecule has 0 radical (unpaired) electrons. The van der Waals surface area contributed by atoms with Gasteiger partial charge in [-0.05, 0) is 18.2 Å². The average Bonchev–Trinajstić information content (AvgIpc) is 2.47. The third kappa shape index (κ3) is 4.33. The number of hydrogen-bond donors (Lipinski definition) is 0. The molecule has 0 heterocycles. The average molecular weight is 305 g/mol. The van der Waals surface area contributed by atoms with Crippen LogP contribution in [0.1, 0.15) is 29.1 Å². The molecule has 2 aromatic rings. The summed E-state index contributed by atoms with van der Waals surface area (Å²) in [6.45, 7) is 1.25. The van der Waals surface area contributed by atoms with Gasteiger partial charge in [0.25, 0.3) is 6.29 Å². The second-order valence-electron chi connectivity index (χ2n) is 4.27. The smallest absolute Gasteiger partial charge is 0.341 e. The van der Waals surface area contributed by atoms with Crippen molar-refractivity contribution < 1.29 is 19.1 Å². The first-order valence-corrected chi connectivity index (χ1v) is 6.63. The van der Waals surface area contributed by atoms with Crippen molar-refractivity contribution in [3.8, 4) is 0 Å². The lowest BCUT2D eigenvalue weighted by Gasteiger charge is -2.17. The molecule has 0 aromatic heterocycles. The molecule has 2 aromatic carbocycles. The minimum atomic E-state index is -1.09. The van der Waals surface area contributed by atoms with E-state index in [1.165, 1.54) is 13.0 Å². The predicted octanol–water partition coefficient (Wildman–Crippen LogP) is 3.76. The summed E-state index contributed by atoms with van der Waals surface area (Å²) in [6.07, 6.45) is -1.09. The molecular weight excluding hydrogens is 292 g/mol. The Morgan fingerprint density at radius 3 is 2.33 bits per heavy atom. The summed E-state index contributed by atoms with van der Waals surface area (Å²) in [6, 6.07) is 15.1. The lowest BCUT2D eigenvalue weighted by molar-refractivity contribution is -0.167. The molecule has 0 amide bonds. The molecule has 2 rings (SSSR count). The van der Waals surface area contributed by atoms with E-state index in [2.05, 4.69) is 0 Å². The molecule has 4 nitrogen and oxygen atoms in total. The molecule has 108 valence electrons. The van der Waals surface area contributed by atoms with E-state index in [4.69, 9.17) is 21.1 Å². The summed E-state index contributed by atoms with van der Waals surface area (Å²) < 4.78 is 10.3. The highest BCUT2D eigenvalue weighted by Crippen LogP contribution is 2.21. The minimum absolute atomic E-state index is 0.288. The zero-order valence-electron chi connectivity index (χ0n) is 11.3. The van der Waals surface area contributed by atoms with Gasteiger partial charge in [0.2, 0.25) is 0 Å². The second kappa shape index (κ2) is 6.90. The largest absolute Gasteiger partial charge is 0.421 e. The first-order chi connectivity index (χ1) is 10.1. The molecule has 0 saturated heterocycles. The van der Waals surface area contributed by atoms with Gasteiger partial charge in [0.05, 0.1) is 5.56 Å². The SMILES string of the molecule is CC(=O)OC(OC(=O)c1cccc(Cl)c1)c1ccccc1. The normalized spacial score (nSPS) is 11.5. The van der Waals surface area contributed by atoms with Crippen molar-refractivity contribution in [3.05, 3.63) is 70.7 Å². The molecule has 0 fully saturated rings. The molecule has 0 aliphatic heterocycles. The van der Waals surface area contributed by atoms with Gasteiger partial charge in [0.15, 0.2) is 0 Å². The first kappa shape index (κ1) is 15.1. The Labute approximate surface area is 127 Å². The third-order valence-electron chi connectivity index (χ3n) is 2.62. The molecule has 21 heavy (non-hydrogen) atoms. The van der Waals surface area contributed by atoms with Crippen molar-refractivity contribution in [1.82, 2.24) is 0 Å². The van der Waals surface area contributed by atoms with E-state index in [0.29, 0.717) is 10.6 Å². The highest BCUT2D eigenvalue weighted by Gasteiger charge is 2.20. The number of hydrogen-bond acceptors (Lipinski definition) is 4. The Morgan fingerprint density at radius 2 is 1.71 bits per heavy atom. The lowest BCUT2D eigenvalue weighted by Crippen LogP contribution is -2.16. The molecule has 0 bridgehead atoms. The maximum Gasteiger partial charge on any atom is 0.341 e. The van der Waals surface area contributed by atoms with E-state index >= 15 is 0 Å². The Kier molecular flexibility index (Phi) is 4.95. The van der Waals surface area contributed by atoms with Crippen molar-refractivity contribution >= 4 is 23.5 Å². The van der Waals surface area contributed by atoms with Gasteiger partial charge in [-0.1, -0.05) is 48.0 Å². The second-order valence-corrected chi connectivity index (χ2v) is 4.70. The molecular formula is C16H13ClO4. The van der Waals surface area contributed by atoms with Crippen LogP contribution >= 0.6 is 11.6 Å².